The van der Waals surface area contributed by atoms with Crippen LogP contribution in [-0.4, -0.2) is 22.9 Å². The van der Waals surface area contributed by atoms with Crippen LogP contribution < -0.4 is 10.2 Å². The molecule has 1 heterocycles. The summed E-state index contributed by atoms with van der Waals surface area (Å²) in [4.78, 5) is 24.7. The Balaban J connectivity index is 1.78. The van der Waals surface area contributed by atoms with Gasteiger partial charge in [0.15, 0.2) is 0 Å². The van der Waals surface area contributed by atoms with Crippen molar-refractivity contribution in [2.45, 2.75) is 79.1 Å². The number of benzene rings is 2. The van der Waals surface area contributed by atoms with E-state index in [4.69, 9.17) is 0 Å². The van der Waals surface area contributed by atoms with Crippen LogP contribution in [0.3, 0.4) is 0 Å². The first-order valence-electron chi connectivity index (χ1n) is 16.2. The second-order valence-corrected chi connectivity index (χ2v) is 14.0. The molecule has 0 aromatic heterocycles. The fourth-order valence-electron chi connectivity index (χ4n) is 5.75. The first kappa shape index (κ1) is 36.2. The molecule has 0 spiro atoms. The number of nitro benzene ring substituents is 2. The summed E-state index contributed by atoms with van der Waals surface area (Å²) in [6.45, 7) is 23.2. The van der Waals surface area contributed by atoms with E-state index in [9.17, 15) is 20.2 Å². The Kier molecular flexibility index (Phi) is 12.0. The minimum Gasteiger partial charge on any atom is -0.344 e. The summed E-state index contributed by atoms with van der Waals surface area (Å²) in [5.41, 5.74) is 5.14. The summed E-state index contributed by atoms with van der Waals surface area (Å²) in [6.07, 6.45) is 15.9. The Morgan fingerprint density at radius 1 is 0.913 bits per heavy atom. The van der Waals surface area contributed by atoms with Crippen molar-refractivity contribution >= 4 is 22.7 Å². The molecule has 246 valence electrons. The molecule has 0 saturated heterocycles. The predicted molar refractivity (Wildman–Crippen MR) is 190 cm³/mol. The fraction of sp³-hybridized carbons (Fsp3) is 0.421. The highest BCUT2D eigenvalue weighted by molar-refractivity contribution is 5.72. The number of nitrogens with two attached hydrogens (primary N) is 1. The highest BCUT2D eigenvalue weighted by Crippen LogP contribution is 2.49. The van der Waals surface area contributed by atoms with E-state index >= 15 is 0 Å². The van der Waals surface area contributed by atoms with Crippen LogP contribution in [0.4, 0.5) is 22.7 Å². The predicted octanol–water partition coefficient (Wildman–Crippen LogP) is 8.97. The van der Waals surface area contributed by atoms with Crippen LogP contribution in [0.15, 0.2) is 96.8 Å². The number of rotatable bonds is 15. The van der Waals surface area contributed by atoms with Gasteiger partial charge in [-0.1, -0.05) is 98.4 Å². The summed E-state index contributed by atoms with van der Waals surface area (Å²) >= 11 is 0. The second kappa shape index (κ2) is 15.3. The van der Waals surface area contributed by atoms with Gasteiger partial charge in [0.2, 0.25) is 0 Å². The molecule has 3 rings (SSSR count). The lowest BCUT2D eigenvalue weighted by molar-refractivity contribution is -0.573. The van der Waals surface area contributed by atoms with Gasteiger partial charge >= 0.3 is 0 Å². The largest absolute Gasteiger partial charge is 0.344 e. The summed E-state index contributed by atoms with van der Waals surface area (Å²) in [7, 11) is 0. The molecule has 2 N–H and O–H groups in total. The van der Waals surface area contributed by atoms with Crippen molar-refractivity contribution < 1.29 is 15.2 Å². The van der Waals surface area contributed by atoms with Crippen molar-refractivity contribution in [3.05, 3.63) is 128 Å². The Morgan fingerprint density at radius 3 is 2.13 bits per heavy atom. The van der Waals surface area contributed by atoms with Crippen molar-refractivity contribution in [1.82, 2.24) is 0 Å². The van der Waals surface area contributed by atoms with Gasteiger partial charge in [0.05, 0.1) is 16.4 Å². The van der Waals surface area contributed by atoms with E-state index in [1.165, 1.54) is 0 Å². The molecule has 0 unspecified atom stereocenters. The van der Waals surface area contributed by atoms with Gasteiger partial charge in [-0.25, -0.2) is 0 Å². The lowest BCUT2D eigenvalue weighted by Crippen LogP contribution is -2.78. The number of nitrogens with zero attached hydrogens (tertiary/aromatic N) is 3. The lowest BCUT2D eigenvalue weighted by Gasteiger charge is -2.27. The molecule has 0 saturated carbocycles. The average molecular weight is 628 g/mol. The van der Waals surface area contributed by atoms with Gasteiger partial charge in [-0.15, -0.1) is 0 Å². The summed E-state index contributed by atoms with van der Waals surface area (Å²) < 4.78 is 0. The van der Waals surface area contributed by atoms with Gasteiger partial charge in [-0.3, -0.25) is 20.2 Å². The Labute approximate surface area is 274 Å². The zero-order valence-electron chi connectivity index (χ0n) is 28.7. The van der Waals surface area contributed by atoms with E-state index in [1.807, 2.05) is 48.6 Å². The van der Waals surface area contributed by atoms with E-state index in [2.05, 4.69) is 78.3 Å². The third-order valence-electron chi connectivity index (χ3n) is 8.84. The smallest absolute Gasteiger partial charge is 0.270 e. The number of hydrogen-bond donors (Lipinski definition) is 1. The van der Waals surface area contributed by atoms with Crippen LogP contribution in [0.2, 0.25) is 0 Å². The molecular formula is C38H51N4O4+. The van der Waals surface area contributed by atoms with Crippen molar-refractivity contribution in [3.8, 4) is 0 Å². The quantitative estimate of drug-likeness (QED) is 0.0918. The van der Waals surface area contributed by atoms with E-state index < -0.39 is 5.41 Å². The number of fused-ring (bicyclic) bond motifs is 1. The molecule has 0 atom stereocenters. The second-order valence-electron chi connectivity index (χ2n) is 14.0. The van der Waals surface area contributed by atoms with Gasteiger partial charge in [0, 0.05) is 64.7 Å². The third kappa shape index (κ3) is 8.69. The molecule has 0 radical (unpaired) electrons. The van der Waals surface area contributed by atoms with Crippen LogP contribution in [0.5, 0.6) is 0 Å². The molecule has 2 aromatic carbocycles. The molecule has 8 heteroatoms. The topological polar surface area (TPSA) is 106 Å². The molecule has 1 aliphatic rings. The Morgan fingerprint density at radius 2 is 1.50 bits per heavy atom. The summed E-state index contributed by atoms with van der Waals surface area (Å²) in [5, 5.41) is 25.2. The average Bonchev–Trinajstić information content (AvgIpc) is 3.19. The minimum absolute atomic E-state index is 0.0783. The van der Waals surface area contributed by atoms with E-state index in [0.29, 0.717) is 11.8 Å². The number of quaternary nitrogens is 1. The monoisotopic (exact) mass is 627 g/mol. The van der Waals surface area contributed by atoms with Crippen LogP contribution >= 0.6 is 0 Å². The lowest BCUT2D eigenvalue weighted by atomic mass is 9.77. The molecule has 2 aromatic rings. The van der Waals surface area contributed by atoms with Crippen molar-refractivity contribution in [1.29, 1.82) is 0 Å². The molecule has 1 aliphatic heterocycles. The van der Waals surface area contributed by atoms with Gasteiger partial charge < -0.3 is 10.2 Å². The van der Waals surface area contributed by atoms with Gasteiger partial charge in [-0.2, -0.15) is 0 Å². The number of nitro groups is 2. The number of anilines is 1. The maximum atomic E-state index is 11.6. The van der Waals surface area contributed by atoms with E-state index in [-0.39, 0.29) is 26.6 Å². The Bertz CT molecular complexity index is 1560. The zero-order chi connectivity index (χ0) is 34.2. The normalized spacial score (nSPS) is 15.7. The maximum absolute atomic E-state index is 11.6. The molecule has 0 bridgehead atoms. The number of non-ortho nitro benzene ring substituents is 2. The molecule has 8 nitrogen and oxygen atoms in total. The van der Waals surface area contributed by atoms with Gasteiger partial charge in [0.25, 0.3) is 11.4 Å². The standard InChI is InChI=1S/C38H50N4O4/c1-27(2)21-23-39-34-19-17-30(41(43)44)25-32(34)37(6,7)29(5)15-13-11-10-12-14-16-36-38(8,9)33-26-31(42(45)46)18-20-35(33)40(36)24-22-28(3)4/h10-20,25-28,39H,5,21-24H2,1-4,6-9H3/p+1/b11-10+,14-12+,15-13+,36-16+. The molecule has 46 heavy (non-hydrogen) atoms. The van der Waals surface area contributed by atoms with E-state index in [1.54, 1.807) is 24.3 Å². The Hall–Kier alpha value is -4.30. The summed E-state index contributed by atoms with van der Waals surface area (Å²) in [5.74, 6) is 1.11. The SMILES string of the molecule is C=C(/C=C/C=C/C=C/C=C1/N(CCC(C)C)c2ccc([N+](=O)[O-])cc2C1(C)C)C(C)(C)c1cc([N+](=O)[O-])ccc1[NH2+]CCC(C)C. The molecule has 0 fully saturated rings. The molecular weight excluding hydrogens is 576 g/mol. The number of hydrogen-bond acceptors (Lipinski definition) is 5. The van der Waals surface area contributed by atoms with Crippen LogP contribution in [-0.2, 0) is 10.8 Å². The third-order valence-corrected chi connectivity index (χ3v) is 8.84. The van der Waals surface area contributed by atoms with Crippen molar-refractivity contribution in [3.63, 3.8) is 0 Å². The van der Waals surface area contributed by atoms with Crippen LogP contribution in [0.25, 0.3) is 0 Å². The molecule has 0 aliphatic carbocycles. The van der Waals surface area contributed by atoms with Crippen molar-refractivity contribution in [2.75, 3.05) is 18.0 Å². The fourth-order valence-corrected chi connectivity index (χ4v) is 5.75. The van der Waals surface area contributed by atoms with Gasteiger partial charge in [0.1, 0.15) is 5.69 Å². The van der Waals surface area contributed by atoms with Crippen LogP contribution in [0, 0.1) is 32.1 Å². The minimum atomic E-state index is -0.516. The zero-order valence-corrected chi connectivity index (χ0v) is 28.7. The van der Waals surface area contributed by atoms with Gasteiger partial charge in [-0.05, 0) is 48.0 Å². The molecule has 0 amide bonds. The van der Waals surface area contributed by atoms with Crippen LogP contribution in [0.1, 0.15) is 79.4 Å². The highest BCUT2D eigenvalue weighted by atomic mass is 16.6. The number of allylic oxidation sites excluding steroid dienone is 9. The van der Waals surface area contributed by atoms with Crippen molar-refractivity contribution in [2.24, 2.45) is 11.8 Å². The van der Waals surface area contributed by atoms with E-state index in [0.717, 1.165) is 59.7 Å². The summed E-state index contributed by atoms with van der Waals surface area (Å²) in [6, 6.07) is 10.3. The highest BCUT2D eigenvalue weighted by Gasteiger charge is 2.40. The first-order valence-corrected chi connectivity index (χ1v) is 16.2. The first-order chi connectivity index (χ1) is 21.6. The maximum Gasteiger partial charge on any atom is 0.270 e.